The Bertz CT molecular complexity index is 649. The van der Waals surface area contributed by atoms with Crippen molar-refractivity contribution in [1.29, 1.82) is 0 Å². The standard InChI is InChI=1S/C11H13N3O3S/c1-18(15,16)9-4-2-3-8(7-9)11-13-10(5-6-12)14-17-11/h2-4,7H,5-6,12H2,1H3. The number of nitrogens with zero attached hydrogens (tertiary/aromatic N) is 2. The van der Waals surface area contributed by atoms with Gasteiger partial charge in [0.05, 0.1) is 4.90 Å². The van der Waals surface area contributed by atoms with E-state index in [-0.39, 0.29) is 4.90 Å². The molecule has 7 heteroatoms. The molecule has 2 N–H and O–H groups in total. The number of aromatic nitrogens is 2. The van der Waals surface area contributed by atoms with Crippen LogP contribution in [0, 0.1) is 0 Å². The van der Waals surface area contributed by atoms with Gasteiger partial charge in [-0.1, -0.05) is 11.2 Å². The lowest BCUT2D eigenvalue weighted by Crippen LogP contribution is -2.03. The molecule has 0 unspecified atom stereocenters. The van der Waals surface area contributed by atoms with Gasteiger partial charge in [-0.2, -0.15) is 4.98 Å². The van der Waals surface area contributed by atoms with Gasteiger partial charge in [-0.15, -0.1) is 0 Å². The van der Waals surface area contributed by atoms with E-state index in [1.165, 1.54) is 12.1 Å². The maximum atomic E-state index is 11.4. The van der Waals surface area contributed by atoms with Crippen molar-refractivity contribution in [3.05, 3.63) is 30.1 Å². The van der Waals surface area contributed by atoms with Crippen LogP contribution in [-0.4, -0.2) is 31.4 Å². The molecule has 0 aliphatic heterocycles. The van der Waals surface area contributed by atoms with Gasteiger partial charge in [-0.25, -0.2) is 8.42 Å². The number of sulfone groups is 1. The lowest BCUT2D eigenvalue weighted by Gasteiger charge is -1.99. The van der Waals surface area contributed by atoms with Gasteiger partial charge in [0, 0.05) is 18.2 Å². The number of benzene rings is 1. The van der Waals surface area contributed by atoms with Crippen LogP contribution >= 0.6 is 0 Å². The molecule has 96 valence electrons. The third-order valence-electron chi connectivity index (χ3n) is 2.35. The van der Waals surface area contributed by atoms with E-state index in [1.54, 1.807) is 12.1 Å². The highest BCUT2D eigenvalue weighted by molar-refractivity contribution is 7.90. The summed E-state index contributed by atoms with van der Waals surface area (Å²) in [5.74, 6) is 0.807. The Hall–Kier alpha value is -1.73. The summed E-state index contributed by atoms with van der Waals surface area (Å²) in [5.41, 5.74) is 5.97. The molecule has 0 radical (unpaired) electrons. The summed E-state index contributed by atoms with van der Waals surface area (Å²) >= 11 is 0. The van der Waals surface area contributed by atoms with Gasteiger partial charge in [0.1, 0.15) is 0 Å². The molecule has 6 nitrogen and oxygen atoms in total. The zero-order valence-electron chi connectivity index (χ0n) is 9.83. The van der Waals surface area contributed by atoms with E-state index < -0.39 is 9.84 Å². The van der Waals surface area contributed by atoms with E-state index in [0.29, 0.717) is 30.2 Å². The van der Waals surface area contributed by atoms with Crippen LogP contribution in [0.2, 0.25) is 0 Å². The summed E-state index contributed by atoms with van der Waals surface area (Å²) < 4.78 is 27.9. The average molecular weight is 267 g/mol. The molecular formula is C11H13N3O3S. The zero-order valence-corrected chi connectivity index (χ0v) is 10.6. The molecule has 0 atom stereocenters. The monoisotopic (exact) mass is 267 g/mol. The van der Waals surface area contributed by atoms with Crippen molar-refractivity contribution < 1.29 is 12.9 Å². The summed E-state index contributed by atoms with van der Waals surface area (Å²) in [4.78, 5) is 4.36. The number of hydrogen-bond acceptors (Lipinski definition) is 6. The first-order valence-electron chi connectivity index (χ1n) is 5.34. The van der Waals surface area contributed by atoms with Crippen molar-refractivity contribution in [3.8, 4) is 11.5 Å². The molecule has 1 heterocycles. The third kappa shape index (κ3) is 2.74. The summed E-state index contributed by atoms with van der Waals surface area (Å²) in [7, 11) is -3.25. The van der Waals surface area contributed by atoms with Gasteiger partial charge in [0.15, 0.2) is 15.7 Å². The van der Waals surface area contributed by atoms with Gasteiger partial charge in [-0.3, -0.25) is 0 Å². The Morgan fingerprint density at radius 1 is 1.39 bits per heavy atom. The maximum absolute atomic E-state index is 11.4. The Morgan fingerprint density at radius 2 is 2.17 bits per heavy atom. The van der Waals surface area contributed by atoms with Crippen LogP contribution in [0.15, 0.2) is 33.7 Å². The molecule has 2 aromatic rings. The number of rotatable bonds is 4. The van der Waals surface area contributed by atoms with Crippen LogP contribution < -0.4 is 5.73 Å². The van der Waals surface area contributed by atoms with E-state index in [0.717, 1.165) is 6.26 Å². The predicted octanol–water partition coefficient (Wildman–Crippen LogP) is 0.641. The van der Waals surface area contributed by atoms with Crippen LogP contribution in [0.3, 0.4) is 0 Å². The summed E-state index contributed by atoms with van der Waals surface area (Å²) in [6.45, 7) is 0.433. The first-order chi connectivity index (χ1) is 8.50. The second kappa shape index (κ2) is 4.87. The molecule has 0 amide bonds. The smallest absolute Gasteiger partial charge is 0.257 e. The molecular weight excluding hydrogens is 254 g/mol. The quantitative estimate of drug-likeness (QED) is 0.872. The fourth-order valence-electron chi connectivity index (χ4n) is 1.46. The largest absolute Gasteiger partial charge is 0.334 e. The first-order valence-corrected chi connectivity index (χ1v) is 7.23. The topological polar surface area (TPSA) is 99.1 Å². The average Bonchev–Trinajstić information content (AvgIpc) is 2.77. The van der Waals surface area contributed by atoms with Gasteiger partial charge < -0.3 is 10.3 Å². The molecule has 0 aliphatic rings. The summed E-state index contributed by atoms with van der Waals surface area (Å²) in [6, 6.07) is 6.39. The van der Waals surface area contributed by atoms with E-state index >= 15 is 0 Å². The minimum atomic E-state index is -3.25. The highest BCUT2D eigenvalue weighted by Gasteiger charge is 2.12. The molecule has 0 aliphatic carbocycles. The second-order valence-electron chi connectivity index (χ2n) is 3.85. The van der Waals surface area contributed by atoms with Crippen molar-refractivity contribution in [1.82, 2.24) is 10.1 Å². The van der Waals surface area contributed by atoms with Crippen molar-refractivity contribution in [2.75, 3.05) is 12.8 Å². The van der Waals surface area contributed by atoms with E-state index in [9.17, 15) is 8.42 Å². The Balaban J connectivity index is 2.38. The molecule has 0 spiro atoms. The molecule has 0 fully saturated rings. The molecule has 2 rings (SSSR count). The first kappa shape index (κ1) is 12.7. The van der Waals surface area contributed by atoms with Crippen LogP contribution in [0.25, 0.3) is 11.5 Å². The van der Waals surface area contributed by atoms with Crippen LogP contribution in [-0.2, 0) is 16.3 Å². The van der Waals surface area contributed by atoms with E-state index in [1.807, 2.05) is 0 Å². The Morgan fingerprint density at radius 3 is 2.83 bits per heavy atom. The fourth-order valence-corrected chi connectivity index (χ4v) is 2.13. The normalized spacial score (nSPS) is 11.7. The lowest BCUT2D eigenvalue weighted by atomic mass is 10.2. The minimum Gasteiger partial charge on any atom is -0.334 e. The predicted molar refractivity (Wildman–Crippen MR) is 65.6 cm³/mol. The summed E-state index contributed by atoms with van der Waals surface area (Å²) in [6.07, 6.45) is 1.68. The van der Waals surface area contributed by atoms with Crippen molar-refractivity contribution in [2.45, 2.75) is 11.3 Å². The van der Waals surface area contributed by atoms with Crippen LogP contribution in [0.4, 0.5) is 0 Å². The Labute approximate surface area is 105 Å². The molecule has 0 bridgehead atoms. The van der Waals surface area contributed by atoms with Crippen molar-refractivity contribution >= 4 is 9.84 Å². The molecule has 1 aromatic carbocycles. The molecule has 1 aromatic heterocycles. The zero-order chi connectivity index (χ0) is 13.2. The minimum absolute atomic E-state index is 0.221. The fraction of sp³-hybridized carbons (Fsp3) is 0.273. The third-order valence-corrected chi connectivity index (χ3v) is 3.46. The molecule has 0 saturated heterocycles. The van der Waals surface area contributed by atoms with Gasteiger partial charge in [0.2, 0.25) is 0 Å². The van der Waals surface area contributed by atoms with E-state index in [2.05, 4.69) is 10.1 Å². The molecule has 18 heavy (non-hydrogen) atoms. The van der Waals surface area contributed by atoms with Crippen molar-refractivity contribution in [3.63, 3.8) is 0 Å². The highest BCUT2D eigenvalue weighted by Crippen LogP contribution is 2.20. The second-order valence-corrected chi connectivity index (χ2v) is 5.87. The number of nitrogens with two attached hydrogens (primary N) is 1. The highest BCUT2D eigenvalue weighted by atomic mass is 32.2. The SMILES string of the molecule is CS(=O)(=O)c1cccc(-c2nc(CCN)no2)c1. The van der Waals surface area contributed by atoms with Gasteiger partial charge in [0.25, 0.3) is 5.89 Å². The Kier molecular flexibility index (Phi) is 3.44. The molecule has 0 saturated carbocycles. The van der Waals surface area contributed by atoms with Crippen LogP contribution in [0.5, 0.6) is 0 Å². The lowest BCUT2D eigenvalue weighted by molar-refractivity contribution is 0.422. The van der Waals surface area contributed by atoms with Crippen LogP contribution in [0.1, 0.15) is 5.82 Å². The van der Waals surface area contributed by atoms with Gasteiger partial charge in [-0.05, 0) is 24.7 Å². The van der Waals surface area contributed by atoms with E-state index in [4.69, 9.17) is 10.3 Å². The number of hydrogen-bond donors (Lipinski definition) is 1. The van der Waals surface area contributed by atoms with Crippen molar-refractivity contribution in [2.24, 2.45) is 5.73 Å². The van der Waals surface area contributed by atoms with Gasteiger partial charge >= 0.3 is 0 Å². The summed E-state index contributed by atoms with van der Waals surface area (Å²) in [5, 5.41) is 3.76. The maximum Gasteiger partial charge on any atom is 0.257 e.